The van der Waals surface area contributed by atoms with Crippen LogP contribution in [0.3, 0.4) is 0 Å². The normalized spacial score (nSPS) is 10.1. The summed E-state index contributed by atoms with van der Waals surface area (Å²) in [4.78, 5) is 37.3. The predicted octanol–water partition coefficient (Wildman–Crippen LogP) is 2.10. The summed E-state index contributed by atoms with van der Waals surface area (Å²) >= 11 is 0. The van der Waals surface area contributed by atoms with E-state index in [2.05, 4.69) is 5.32 Å². The Labute approximate surface area is 131 Å². The van der Waals surface area contributed by atoms with E-state index in [1.807, 2.05) is 13.8 Å². The van der Waals surface area contributed by atoms with E-state index in [1.54, 1.807) is 24.3 Å². The number of nitrogens with one attached hydrogen (secondary N) is 1. The minimum Gasteiger partial charge on any atom is -0.354 e. The molecule has 1 rings (SSSR count). The molecule has 0 aliphatic rings. The lowest BCUT2D eigenvalue weighted by Crippen LogP contribution is -2.40. The number of nitrogens with zero attached hydrogens (tertiary/aromatic N) is 1. The highest BCUT2D eigenvalue weighted by Crippen LogP contribution is 2.09. The Morgan fingerprint density at radius 1 is 1.05 bits per heavy atom. The number of anilines is 1. The summed E-state index contributed by atoms with van der Waals surface area (Å²) in [6.07, 6.45) is 2.34. The SMILES string of the molecule is CCCC(=O)NCCN(C(=O)CCC)c1cccccc1=O. The highest BCUT2D eigenvalue weighted by Gasteiger charge is 2.16. The van der Waals surface area contributed by atoms with Gasteiger partial charge in [0.15, 0.2) is 0 Å². The van der Waals surface area contributed by atoms with Gasteiger partial charge in [0.05, 0.1) is 5.69 Å². The second-order valence-electron chi connectivity index (χ2n) is 5.06. The second-order valence-corrected chi connectivity index (χ2v) is 5.06. The van der Waals surface area contributed by atoms with Gasteiger partial charge in [-0.05, 0) is 25.0 Å². The van der Waals surface area contributed by atoms with E-state index in [-0.39, 0.29) is 17.2 Å². The van der Waals surface area contributed by atoms with Gasteiger partial charge in [0.1, 0.15) is 0 Å². The zero-order chi connectivity index (χ0) is 16.4. The van der Waals surface area contributed by atoms with E-state index in [0.717, 1.165) is 6.42 Å². The van der Waals surface area contributed by atoms with Gasteiger partial charge in [-0.15, -0.1) is 0 Å². The van der Waals surface area contributed by atoms with Crippen LogP contribution in [-0.2, 0) is 9.59 Å². The maximum absolute atomic E-state index is 12.3. The summed E-state index contributed by atoms with van der Waals surface area (Å²) < 4.78 is 0. The quantitative estimate of drug-likeness (QED) is 0.800. The topological polar surface area (TPSA) is 66.5 Å². The third-order valence-electron chi connectivity index (χ3n) is 3.17. The minimum absolute atomic E-state index is 0.0358. The summed E-state index contributed by atoms with van der Waals surface area (Å²) in [6, 6.07) is 8.22. The average molecular weight is 304 g/mol. The van der Waals surface area contributed by atoms with Gasteiger partial charge >= 0.3 is 0 Å². The number of carbonyl (C=O) groups is 2. The van der Waals surface area contributed by atoms with Crippen LogP contribution in [0.5, 0.6) is 0 Å². The molecule has 0 aliphatic heterocycles. The van der Waals surface area contributed by atoms with Crippen molar-refractivity contribution in [3.05, 3.63) is 40.6 Å². The molecule has 0 saturated heterocycles. The Morgan fingerprint density at radius 3 is 2.41 bits per heavy atom. The molecule has 0 fully saturated rings. The number of carbonyl (C=O) groups excluding carboxylic acids is 2. The molecule has 0 heterocycles. The summed E-state index contributed by atoms with van der Waals surface area (Å²) in [5.74, 6) is -0.137. The van der Waals surface area contributed by atoms with Crippen molar-refractivity contribution in [3.8, 4) is 0 Å². The third kappa shape index (κ3) is 5.68. The lowest BCUT2D eigenvalue weighted by atomic mass is 10.2. The molecule has 1 aromatic rings. The monoisotopic (exact) mass is 304 g/mol. The Kier molecular flexibility index (Phi) is 7.89. The zero-order valence-electron chi connectivity index (χ0n) is 13.3. The fourth-order valence-electron chi connectivity index (χ4n) is 2.10. The van der Waals surface area contributed by atoms with Gasteiger partial charge < -0.3 is 10.2 Å². The van der Waals surface area contributed by atoms with Crippen molar-refractivity contribution < 1.29 is 9.59 Å². The molecule has 1 aromatic carbocycles. The van der Waals surface area contributed by atoms with Crippen LogP contribution in [-0.4, -0.2) is 24.9 Å². The number of amides is 2. The summed E-state index contributed by atoms with van der Waals surface area (Å²) in [5, 5.41) is 2.77. The molecule has 0 bridgehead atoms. The summed E-state index contributed by atoms with van der Waals surface area (Å²) in [6.45, 7) is 4.49. The molecule has 22 heavy (non-hydrogen) atoms. The smallest absolute Gasteiger partial charge is 0.227 e. The second kappa shape index (κ2) is 9.71. The number of hydrogen-bond donors (Lipinski definition) is 1. The van der Waals surface area contributed by atoms with Crippen molar-refractivity contribution in [2.75, 3.05) is 18.0 Å². The molecule has 0 atom stereocenters. The lowest BCUT2D eigenvalue weighted by molar-refractivity contribution is -0.121. The fraction of sp³-hybridized carbons (Fsp3) is 0.471. The first-order valence-electron chi connectivity index (χ1n) is 7.76. The standard InChI is InChI=1S/C17H24N2O3/c1-3-8-16(21)18-12-13-19(17(22)9-4-2)14-10-6-5-7-11-15(14)20/h5-7,10-11H,3-4,8-9,12-13H2,1-2H3,(H,18,21). The van der Waals surface area contributed by atoms with Crippen LogP contribution in [0.1, 0.15) is 39.5 Å². The minimum atomic E-state index is -0.200. The van der Waals surface area contributed by atoms with E-state index >= 15 is 0 Å². The van der Waals surface area contributed by atoms with Crippen LogP contribution in [0.2, 0.25) is 0 Å². The Morgan fingerprint density at radius 2 is 1.73 bits per heavy atom. The number of hydrogen-bond acceptors (Lipinski definition) is 3. The van der Waals surface area contributed by atoms with Crippen molar-refractivity contribution in [2.45, 2.75) is 39.5 Å². The van der Waals surface area contributed by atoms with Gasteiger partial charge in [0.2, 0.25) is 17.2 Å². The molecule has 0 spiro atoms. The average Bonchev–Trinajstić information content (AvgIpc) is 2.69. The van der Waals surface area contributed by atoms with Crippen LogP contribution in [0, 0.1) is 0 Å². The van der Waals surface area contributed by atoms with E-state index < -0.39 is 0 Å². The molecule has 0 aromatic heterocycles. The first-order valence-corrected chi connectivity index (χ1v) is 7.76. The highest BCUT2D eigenvalue weighted by molar-refractivity contribution is 5.93. The van der Waals surface area contributed by atoms with Crippen molar-refractivity contribution in [1.29, 1.82) is 0 Å². The third-order valence-corrected chi connectivity index (χ3v) is 3.17. The summed E-state index contributed by atoms with van der Waals surface area (Å²) in [5.41, 5.74) is 0.155. The van der Waals surface area contributed by atoms with Gasteiger partial charge in [-0.1, -0.05) is 32.0 Å². The molecule has 0 aliphatic carbocycles. The van der Waals surface area contributed by atoms with Crippen LogP contribution < -0.4 is 15.6 Å². The van der Waals surface area contributed by atoms with Crippen molar-refractivity contribution >= 4 is 17.5 Å². The maximum atomic E-state index is 12.3. The molecule has 0 saturated carbocycles. The first-order chi connectivity index (χ1) is 10.6. The first kappa shape index (κ1) is 17.9. The molecule has 0 unspecified atom stereocenters. The van der Waals surface area contributed by atoms with Crippen LogP contribution in [0.25, 0.3) is 0 Å². The number of rotatable bonds is 8. The molecule has 0 radical (unpaired) electrons. The van der Waals surface area contributed by atoms with Crippen molar-refractivity contribution in [2.24, 2.45) is 0 Å². The van der Waals surface area contributed by atoms with Gasteiger partial charge in [0, 0.05) is 25.9 Å². The Balaban J connectivity index is 2.86. The van der Waals surface area contributed by atoms with Crippen molar-refractivity contribution in [3.63, 3.8) is 0 Å². The summed E-state index contributed by atoms with van der Waals surface area (Å²) in [7, 11) is 0. The molecule has 120 valence electrons. The van der Waals surface area contributed by atoms with E-state index in [0.29, 0.717) is 38.0 Å². The predicted molar refractivity (Wildman–Crippen MR) is 87.9 cm³/mol. The Hall–Kier alpha value is -2.17. The van der Waals surface area contributed by atoms with E-state index in [1.165, 1.54) is 11.0 Å². The fourth-order valence-corrected chi connectivity index (χ4v) is 2.10. The molecule has 5 nitrogen and oxygen atoms in total. The molecule has 2 amide bonds. The molecular weight excluding hydrogens is 280 g/mol. The zero-order valence-corrected chi connectivity index (χ0v) is 13.3. The molecular formula is C17H24N2O3. The molecule has 5 heteroatoms. The maximum Gasteiger partial charge on any atom is 0.227 e. The van der Waals surface area contributed by atoms with E-state index in [9.17, 15) is 14.4 Å². The largest absolute Gasteiger partial charge is 0.354 e. The van der Waals surface area contributed by atoms with Gasteiger partial charge in [-0.25, -0.2) is 0 Å². The van der Waals surface area contributed by atoms with E-state index in [4.69, 9.17) is 0 Å². The molecule has 1 N–H and O–H groups in total. The van der Waals surface area contributed by atoms with Crippen LogP contribution in [0.15, 0.2) is 35.1 Å². The van der Waals surface area contributed by atoms with Gasteiger partial charge in [-0.2, -0.15) is 0 Å². The Bertz CT molecular complexity index is 558. The van der Waals surface area contributed by atoms with Crippen molar-refractivity contribution in [1.82, 2.24) is 5.32 Å². The lowest BCUT2D eigenvalue weighted by Gasteiger charge is -2.21. The van der Waals surface area contributed by atoms with Gasteiger partial charge in [-0.3, -0.25) is 14.4 Å². The van der Waals surface area contributed by atoms with Crippen LogP contribution in [0.4, 0.5) is 5.69 Å². The van der Waals surface area contributed by atoms with Gasteiger partial charge in [0.25, 0.3) is 0 Å². The van der Waals surface area contributed by atoms with Crippen LogP contribution >= 0.6 is 0 Å². The highest BCUT2D eigenvalue weighted by atomic mass is 16.2.